The largest absolute Gasteiger partial charge is 0.480 e. The summed E-state index contributed by atoms with van der Waals surface area (Å²) in [5.74, 6) is 0.636. The van der Waals surface area contributed by atoms with Crippen molar-refractivity contribution >= 4 is 5.91 Å². The number of pyridine rings is 1. The molecule has 0 aliphatic carbocycles. The Balaban J connectivity index is 2.55. The van der Waals surface area contributed by atoms with E-state index in [0.29, 0.717) is 23.9 Å². The molecule has 1 aromatic rings. The highest BCUT2D eigenvalue weighted by Crippen LogP contribution is 2.13. The number of ether oxygens (including phenoxy) is 1. The van der Waals surface area contributed by atoms with Gasteiger partial charge in [0.2, 0.25) is 5.88 Å². The molecule has 1 heterocycles. The van der Waals surface area contributed by atoms with Crippen LogP contribution in [0.5, 0.6) is 5.88 Å². The molecule has 0 fully saturated rings. The Morgan fingerprint density at radius 3 is 2.89 bits per heavy atom. The smallest absolute Gasteiger partial charge is 0.256 e. The van der Waals surface area contributed by atoms with Gasteiger partial charge in [0, 0.05) is 18.8 Å². The maximum absolute atomic E-state index is 11.9. The van der Waals surface area contributed by atoms with Crippen molar-refractivity contribution < 1.29 is 9.53 Å². The minimum Gasteiger partial charge on any atom is -0.480 e. The number of aromatic nitrogens is 1. The number of nitrogens with zero attached hydrogens (tertiary/aromatic N) is 1. The van der Waals surface area contributed by atoms with Gasteiger partial charge in [-0.05, 0) is 24.5 Å². The zero-order valence-corrected chi connectivity index (χ0v) is 11.1. The van der Waals surface area contributed by atoms with Crippen LogP contribution in [0.1, 0.15) is 30.6 Å². The van der Waals surface area contributed by atoms with Crippen molar-refractivity contribution in [1.82, 2.24) is 10.3 Å². The molecule has 1 unspecified atom stereocenters. The monoisotopic (exact) mass is 251 g/mol. The zero-order chi connectivity index (χ0) is 13.5. The van der Waals surface area contributed by atoms with E-state index in [0.717, 1.165) is 6.42 Å². The van der Waals surface area contributed by atoms with Gasteiger partial charge in [-0.2, -0.15) is 0 Å². The van der Waals surface area contributed by atoms with Crippen LogP contribution in [0.25, 0.3) is 0 Å². The molecule has 1 rings (SSSR count). The van der Waals surface area contributed by atoms with Gasteiger partial charge in [0.1, 0.15) is 5.56 Å². The van der Waals surface area contributed by atoms with Crippen molar-refractivity contribution in [1.29, 1.82) is 0 Å². The predicted molar refractivity (Wildman–Crippen MR) is 70.6 cm³/mol. The molecular weight excluding hydrogens is 230 g/mol. The van der Waals surface area contributed by atoms with Gasteiger partial charge in [-0.25, -0.2) is 4.98 Å². The average molecular weight is 251 g/mol. The van der Waals surface area contributed by atoms with Crippen LogP contribution in [0.4, 0.5) is 0 Å². The first-order valence-electron chi connectivity index (χ1n) is 6.07. The van der Waals surface area contributed by atoms with Gasteiger partial charge >= 0.3 is 0 Å². The predicted octanol–water partition coefficient (Wildman–Crippen LogP) is 1.19. The Hall–Kier alpha value is -1.62. The van der Waals surface area contributed by atoms with E-state index in [1.807, 2.05) is 0 Å². The molecule has 100 valence electrons. The van der Waals surface area contributed by atoms with Crippen molar-refractivity contribution in [2.24, 2.45) is 11.7 Å². The molecule has 18 heavy (non-hydrogen) atoms. The number of nitrogens with two attached hydrogens (primary N) is 1. The number of hydrogen-bond acceptors (Lipinski definition) is 4. The maximum Gasteiger partial charge on any atom is 0.256 e. The number of methoxy groups -OCH3 is 1. The molecule has 0 radical (unpaired) electrons. The Morgan fingerprint density at radius 1 is 1.56 bits per heavy atom. The molecule has 0 aliphatic heterocycles. The lowest BCUT2D eigenvalue weighted by Crippen LogP contribution is -2.38. The van der Waals surface area contributed by atoms with Crippen LogP contribution in [0.2, 0.25) is 0 Å². The van der Waals surface area contributed by atoms with Crippen LogP contribution >= 0.6 is 0 Å². The Labute approximate surface area is 108 Å². The molecular formula is C13H21N3O2. The van der Waals surface area contributed by atoms with Gasteiger partial charge in [0.25, 0.3) is 5.91 Å². The third kappa shape index (κ3) is 4.33. The zero-order valence-electron chi connectivity index (χ0n) is 11.1. The second kappa shape index (κ2) is 6.96. The SMILES string of the molecule is COc1ncccc1C(=O)NCC(N)CC(C)C. The van der Waals surface area contributed by atoms with Gasteiger partial charge in [0.15, 0.2) is 0 Å². The van der Waals surface area contributed by atoms with E-state index in [9.17, 15) is 4.79 Å². The minimum atomic E-state index is -0.209. The molecule has 5 nitrogen and oxygen atoms in total. The Bertz CT molecular complexity index is 394. The van der Waals surface area contributed by atoms with Crippen LogP contribution in [0, 0.1) is 5.92 Å². The highest BCUT2D eigenvalue weighted by atomic mass is 16.5. The van der Waals surface area contributed by atoms with Crippen LogP contribution in [0.3, 0.4) is 0 Å². The summed E-state index contributed by atoms with van der Waals surface area (Å²) in [6, 6.07) is 3.34. The van der Waals surface area contributed by atoms with E-state index in [2.05, 4.69) is 24.1 Å². The number of amides is 1. The summed E-state index contributed by atoms with van der Waals surface area (Å²) >= 11 is 0. The molecule has 0 bridgehead atoms. The topological polar surface area (TPSA) is 77.2 Å². The molecule has 0 saturated carbocycles. The highest BCUT2D eigenvalue weighted by molar-refractivity contribution is 5.96. The van der Waals surface area contributed by atoms with E-state index in [1.165, 1.54) is 7.11 Å². The first-order valence-corrected chi connectivity index (χ1v) is 6.07. The van der Waals surface area contributed by atoms with Gasteiger partial charge in [-0.3, -0.25) is 4.79 Å². The van der Waals surface area contributed by atoms with E-state index in [-0.39, 0.29) is 11.9 Å². The van der Waals surface area contributed by atoms with Crippen LogP contribution in [-0.4, -0.2) is 30.6 Å². The van der Waals surface area contributed by atoms with Crippen LogP contribution in [-0.2, 0) is 0 Å². The molecule has 5 heteroatoms. The van der Waals surface area contributed by atoms with E-state index < -0.39 is 0 Å². The van der Waals surface area contributed by atoms with Crippen molar-refractivity contribution in [3.63, 3.8) is 0 Å². The Kier molecular flexibility index (Phi) is 5.58. The number of carbonyl (C=O) groups is 1. The lowest BCUT2D eigenvalue weighted by molar-refractivity contribution is 0.0946. The third-order valence-electron chi connectivity index (χ3n) is 2.51. The summed E-state index contributed by atoms with van der Waals surface area (Å²) in [7, 11) is 1.49. The van der Waals surface area contributed by atoms with Crippen molar-refractivity contribution in [2.45, 2.75) is 26.3 Å². The fraction of sp³-hybridized carbons (Fsp3) is 0.538. The van der Waals surface area contributed by atoms with Gasteiger partial charge in [0.05, 0.1) is 7.11 Å². The molecule has 0 aromatic carbocycles. The fourth-order valence-corrected chi connectivity index (χ4v) is 1.73. The second-order valence-electron chi connectivity index (χ2n) is 4.66. The van der Waals surface area contributed by atoms with E-state index in [1.54, 1.807) is 18.3 Å². The highest BCUT2D eigenvalue weighted by Gasteiger charge is 2.13. The Morgan fingerprint density at radius 2 is 2.28 bits per heavy atom. The molecule has 0 aliphatic rings. The second-order valence-corrected chi connectivity index (χ2v) is 4.66. The molecule has 3 N–H and O–H groups in total. The molecule has 0 spiro atoms. The standard InChI is InChI=1S/C13H21N3O2/c1-9(2)7-10(14)8-16-12(17)11-5-4-6-15-13(11)18-3/h4-6,9-10H,7-8,14H2,1-3H3,(H,16,17). The van der Waals surface area contributed by atoms with Crippen molar-refractivity contribution in [2.75, 3.05) is 13.7 Å². The number of carbonyl (C=O) groups excluding carboxylic acids is 1. The molecule has 1 amide bonds. The minimum absolute atomic E-state index is 0.0309. The lowest BCUT2D eigenvalue weighted by atomic mass is 10.0. The number of hydrogen-bond donors (Lipinski definition) is 2. The van der Waals surface area contributed by atoms with Gasteiger partial charge < -0.3 is 15.8 Å². The van der Waals surface area contributed by atoms with Crippen LogP contribution in [0.15, 0.2) is 18.3 Å². The van der Waals surface area contributed by atoms with Crippen LogP contribution < -0.4 is 15.8 Å². The fourth-order valence-electron chi connectivity index (χ4n) is 1.73. The quantitative estimate of drug-likeness (QED) is 0.796. The average Bonchev–Trinajstić information content (AvgIpc) is 2.35. The van der Waals surface area contributed by atoms with Gasteiger partial charge in [-0.1, -0.05) is 13.8 Å². The first-order chi connectivity index (χ1) is 8.54. The van der Waals surface area contributed by atoms with Crippen molar-refractivity contribution in [3.8, 4) is 5.88 Å². The normalized spacial score (nSPS) is 12.3. The summed E-state index contributed by atoms with van der Waals surface area (Å²) in [6.07, 6.45) is 2.46. The van der Waals surface area contributed by atoms with Gasteiger partial charge in [-0.15, -0.1) is 0 Å². The maximum atomic E-state index is 11.9. The lowest BCUT2D eigenvalue weighted by Gasteiger charge is -2.15. The summed E-state index contributed by atoms with van der Waals surface area (Å²) in [5, 5.41) is 2.79. The number of nitrogens with one attached hydrogen (secondary N) is 1. The number of rotatable bonds is 6. The van der Waals surface area contributed by atoms with E-state index >= 15 is 0 Å². The summed E-state index contributed by atoms with van der Waals surface area (Å²) in [5.41, 5.74) is 6.34. The summed E-state index contributed by atoms with van der Waals surface area (Å²) < 4.78 is 5.03. The summed E-state index contributed by atoms with van der Waals surface area (Å²) in [6.45, 7) is 4.66. The molecule has 1 atom stereocenters. The molecule has 0 saturated heterocycles. The first kappa shape index (κ1) is 14.4. The molecule has 1 aromatic heterocycles. The van der Waals surface area contributed by atoms with Crippen molar-refractivity contribution in [3.05, 3.63) is 23.9 Å². The van der Waals surface area contributed by atoms with E-state index in [4.69, 9.17) is 10.5 Å². The third-order valence-corrected chi connectivity index (χ3v) is 2.51. The summed E-state index contributed by atoms with van der Waals surface area (Å²) in [4.78, 5) is 15.9.